The molecular formula is C17H21NO2. The average Bonchev–Trinajstić information content (AvgIpc) is 2.47. The Morgan fingerprint density at radius 1 is 0.900 bits per heavy atom. The number of benzene rings is 2. The summed E-state index contributed by atoms with van der Waals surface area (Å²) in [4.78, 5) is 0. The summed E-state index contributed by atoms with van der Waals surface area (Å²) in [5.41, 5.74) is 8.44. The number of hydrogen-bond donors (Lipinski definition) is 1. The van der Waals surface area contributed by atoms with Crippen molar-refractivity contribution in [1.82, 2.24) is 0 Å². The van der Waals surface area contributed by atoms with Gasteiger partial charge >= 0.3 is 0 Å². The van der Waals surface area contributed by atoms with Gasteiger partial charge in [-0.3, -0.25) is 0 Å². The Morgan fingerprint density at radius 2 is 1.45 bits per heavy atom. The van der Waals surface area contributed by atoms with Crippen LogP contribution in [0.1, 0.15) is 24.1 Å². The van der Waals surface area contributed by atoms with Gasteiger partial charge in [0.2, 0.25) is 0 Å². The summed E-state index contributed by atoms with van der Waals surface area (Å²) in [5.74, 6) is 1.65. The molecule has 0 radical (unpaired) electrons. The van der Waals surface area contributed by atoms with Crippen molar-refractivity contribution in [3.63, 3.8) is 0 Å². The first kappa shape index (κ1) is 14.4. The molecule has 3 heteroatoms. The molecule has 0 saturated heterocycles. The van der Waals surface area contributed by atoms with Crippen LogP contribution in [0.3, 0.4) is 0 Å². The minimum atomic E-state index is -0.123. The van der Waals surface area contributed by atoms with Crippen molar-refractivity contribution in [2.45, 2.75) is 19.9 Å². The van der Waals surface area contributed by atoms with Crippen LogP contribution in [0.15, 0.2) is 48.5 Å². The highest BCUT2D eigenvalue weighted by atomic mass is 16.5. The highest BCUT2D eigenvalue weighted by molar-refractivity contribution is 5.31. The van der Waals surface area contributed by atoms with E-state index in [2.05, 4.69) is 19.1 Å². The number of ether oxygens (including phenoxy) is 2. The molecule has 3 nitrogen and oxygen atoms in total. The van der Waals surface area contributed by atoms with Crippen LogP contribution >= 0.6 is 0 Å². The van der Waals surface area contributed by atoms with Gasteiger partial charge in [-0.1, -0.05) is 29.8 Å². The van der Waals surface area contributed by atoms with E-state index in [9.17, 15) is 0 Å². The van der Waals surface area contributed by atoms with Crippen molar-refractivity contribution in [3.05, 3.63) is 59.7 Å². The summed E-state index contributed by atoms with van der Waals surface area (Å²) in [6.07, 6.45) is 0. The zero-order chi connectivity index (χ0) is 14.4. The summed E-state index contributed by atoms with van der Waals surface area (Å²) in [6.45, 7) is 5.15. The van der Waals surface area contributed by atoms with Crippen molar-refractivity contribution in [2.75, 3.05) is 13.2 Å². The van der Waals surface area contributed by atoms with Crippen LogP contribution in [-0.4, -0.2) is 13.2 Å². The predicted octanol–water partition coefficient (Wildman–Crippen LogP) is 3.47. The lowest BCUT2D eigenvalue weighted by molar-refractivity contribution is 0.289. The van der Waals surface area contributed by atoms with Crippen molar-refractivity contribution in [3.8, 4) is 11.5 Å². The molecule has 0 aliphatic rings. The van der Waals surface area contributed by atoms with Crippen molar-refractivity contribution < 1.29 is 9.47 Å². The first-order valence-electron chi connectivity index (χ1n) is 6.87. The van der Waals surface area contributed by atoms with Gasteiger partial charge in [-0.15, -0.1) is 0 Å². The summed E-state index contributed by atoms with van der Waals surface area (Å²) in [6, 6.07) is 15.7. The number of hydrogen-bond acceptors (Lipinski definition) is 3. The minimum absolute atomic E-state index is 0.123. The fourth-order valence-electron chi connectivity index (χ4n) is 1.89. The Bertz CT molecular complexity index is 520. The average molecular weight is 271 g/mol. The summed E-state index contributed by atoms with van der Waals surface area (Å²) in [5, 5.41) is 0. The van der Waals surface area contributed by atoms with Gasteiger partial charge in [-0.25, -0.2) is 0 Å². The molecule has 0 amide bonds. The van der Waals surface area contributed by atoms with Crippen LogP contribution < -0.4 is 15.2 Å². The molecule has 0 aliphatic heterocycles. The maximum atomic E-state index is 6.12. The lowest BCUT2D eigenvalue weighted by atomic mass is 10.1. The first-order chi connectivity index (χ1) is 9.69. The van der Waals surface area contributed by atoms with E-state index < -0.39 is 0 Å². The van der Waals surface area contributed by atoms with Gasteiger partial charge in [0, 0.05) is 0 Å². The summed E-state index contributed by atoms with van der Waals surface area (Å²) < 4.78 is 11.1. The van der Waals surface area contributed by atoms with Crippen LogP contribution in [0.5, 0.6) is 11.5 Å². The van der Waals surface area contributed by atoms with Gasteiger partial charge in [-0.05, 0) is 43.7 Å². The van der Waals surface area contributed by atoms with Gasteiger partial charge in [0.15, 0.2) is 0 Å². The minimum Gasteiger partial charge on any atom is -0.494 e. The van der Waals surface area contributed by atoms with E-state index in [1.807, 2.05) is 43.3 Å². The first-order valence-corrected chi connectivity index (χ1v) is 6.87. The van der Waals surface area contributed by atoms with Crippen LogP contribution in [0.2, 0.25) is 0 Å². The topological polar surface area (TPSA) is 44.5 Å². The fraction of sp³-hybridized carbons (Fsp3) is 0.294. The Labute approximate surface area is 120 Å². The molecule has 2 aromatic rings. The highest BCUT2D eigenvalue weighted by Gasteiger charge is 2.06. The third kappa shape index (κ3) is 4.00. The maximum Gasteiger partial charge on any atom is 0.119 e. The zero-order valence-electron chi connectivity index (χ0n) is 12.0. The predicted molar refractivity (Wildman–Crippen MR) is 81.2 cm³/mol. The van der Waals surface area contributed by atoms with Crippen LogP contribution in [0.25, 0.3) is 0 Å². The standard InChI is InChI=1S/C17H21NO2/c1-3-19-15-8-10-16(11-9-15)20-12-17(18)14-6-4-13(2)5-7-14/h4-11,17H,3,12,18H2,1-2H3. The second-order valence-corrected chi connectivity index (χ2v) is 4.73. The summed E-state index contributed by atoms with van der Waals surface area (Å²) in [7, 11) is 0. The number of rotatable bonds is 6. The molecule has 20 heavy (non-hydrogen) atoms. The SMILES string of the molecule is CCOc1ccc(OCC(N)c2ccc(C)cc2)cc1. The quantitative estimate of drug-likeness (QED) is 0.875. The van der Waals surface area contributed by atoms with Crippen molar-refractivity contribution >= 4 is 0 Å². The van der Waals surface area contributed by atoms with E-state index in [4.69, 9.17) is 15.2 Å². The largest absolute Gasteiger partial charge is 0.494 e. The monoisotopic (exact) mass is 271 g/mol. The second kappa shape index (κ2) is 6.96. The molecule has 1 unspecified atom stereocenters. The van der Waals surface area contributed by atoms with Crippen LogP contribution in [0, 0.1) is 6.92 Å². The van der Waals surface area contributed by atoms with E-state index in [0.29, 0.717) is 13.2 Å². The van der Waals surface area contributed by atoms with Gasteiger partial charge < -0.3 is 15.2 Å². The number of nitrogens with two attached hydrogens (primary N) is 1. The lowest BCUT2D eigenvalue weighted by Gasteiger charge is -2.14. The van der Waals surface area contributed by atoms with Crippen molar-refractivity contribution in [1.29, 1.82) is 0 Å². The molecule has 106 valence electrons. The molecule has 0 spiro atoms. The Morgan fingerprint density at radius 3 is 2.00 bits per heavy atom. The smallest absolute Gasteiger partial charge is 0.119 e. The maximum absolute atomic E-state index is 6.12. The van der Waals surface area contributed by atoms with Crippen LogP contribution in [-0.2, 0) is 0 Å². The summed E-state index contributed by atoms with van der Waals surface area (Å²) >= 11 is 0. The molecule has 2 N–H and O–H groups in total. The Hall–Kier alpha value is -2.00. The fourth-order valence-corrected chi connectivity index (χ4v) is 1.89. The van der Waals surface area contributed by atoms with Gasteiger partial charge in [-0.2, -0.15) is 0 Å². The second-order valence-electron chi connectivity index (χ2n) is 4.73. The van der Waals surface area contributed by atoms with E-state index in [-0.39, 0.29) is 6.04 Å². The molecule has 2 aromatic carbocycles. The zero-order valence-corrected chi connectivity index (χ0v) is 12.0. The van der Waals surface area contributed by atoms with E-state index in [1.165, 1.54) is 5.56 Å². The molecule has 0 aromatic heterocycles. The third-order valence-corrected chi connectivity index (χ3v) is 3.07. The molecule has 0 fully saturated rings. The van der Waals surface area contributed by atoms with Crippen molar-refractivity contribution in [2.24, 2.45) is 5.73 Å². The molecule has 0 heterocycles. The molecule has 1 atom stereocenters. The third-order valence-electron chi connectivity index (χ3n) is 3.07. The van der Waals surface area contributed by atoms with E-state index in [0.717, 1.165) is 17.1 Å². The Kier molecular flexibility index (Phi) is 5.02. The Balaban J connectivity index is 1.89. The highest BCUT2D eigenvalue weighted by Crippen LogP contribution is 2.19. The molecular weight excluding hydrogens is 250 g/mol. The molecule has 2 rings (SSSR count). The van der Waals surface area contributed by atoms with Crippen LogP contribution in [0.4, 0.5) is 0 Å². The molecule has 0 saturated carbocycles. The van der Waals surface area contributed by atoms with Gasteiger partial charge in [0.1, 0.15) is 18.1 Å². The van der Waals surface area contributed by atoms with Gasteiger partial charge in [0.05, 0.1) is 12.6 Å². The van der Waals surface area contributed by atoms with E-state index >= 15 is 0 Å². The molecule has 0 bridgehead atoms. The number of aryl methyl sites for hydroxylation is 1. The van der Waals surface area contributed by atoms with Gasteiger partial charge in [0.25, 0.3) is 0 Å². The lowest BCUT2D eigenvalue weighted by Crippen LogP contribution is -2.18. The molecule has 0 aliphatic carbocycles. The van der Waals surface area contributed by atoms with E-state index in [1.54, 1.807) is 0 Å². The normalized spacial score (nSPS) is 11.9.